The van der Waals surface area contributed by atoms with E-state index in [1.807, 2.05) is 30.3 Å². The van der Waals surface area contributed by atoms with Crippen LogP contribution in [0, 0.1) is 0 Å². The summed E-state index contributed by atoms with van der Waals surface area (Å²) in [5.41, 5.74) is 2.40. The number of hydrogen-bond donors (Lipinski definition) is 0. The van der Waals surface area contributed by atoms with E-state index >= 15 is 0 Å². The van der Waals surface area contributed by atoms with Crippen molar-refractivity contribution in [1.29, 1.82) is 0 Å². The minimum Gasteiger partial charge on any atom is -0.489 e. The molecule has 3 rings (SSSR count). The second-order valence-corrected chi connectivity index (χ2v) is 5.36. The second kappa shape index (κ2) is 5.10. The first-order valence-corrected chi connectivity index (χ1v) is 6.95. The van der Waals surface area contributed by atoms with Crippen LogP contribution >= 0.6 is 15.9 Å². The van der Waals surface area contributed by atoms with Crippen LogP contribution in [0.5, 0.6) is 5.75 Å². The Bertz CT molecular complexity index is 703. The van der Waals surface area contributed by atoms with Crippen LogP contribution in [0.1, 0.15) is 5.56 Å². The molecule has 0 aliphatic heterocycles. The molecule has 19 heavy (non-hydrogen) atoms. The van der Waals surface area contributed by atoms with Crippen molar-refractivity contribution in [2.24, 2.45) is 7.05 Å². The van der Waals surface area contributed by atoms with Crippen LogP contribution in [-0.4, -0.2) is 4.57 Å². The molecule has 96 valence electrons. The van der Waals surface area contributed by atoms with Crippen LogP contribution in [-0.2, 0) is 13.7 Å². The van der Waals surface area contributed by atoms with Gasteiger partial charge in [-0.25, -0.2) is 0 Å². The van der Waals surface area contributed by atoms with Crippen LogP contribution in [0.4, 0.5) is 0 Å². The third-order valence-electron chi connectivity index (χ3n) is 3.17. The van der Waals surface area contributed by atoms with Crippen molar-refractivity contribution in [3.05, 3.63) is 64.8 Å². The molecule has 0 aliphatic carbocycles. The van der Waals surface area contributed by atoms with E-state index in [4.69, 9.17) is 4.74 Å². The second-order valence-electron chi connectivity index (χ2n) is 4.50. The Hall–Kier alpha value is -1.74. The average molecular weight is 316 g/mol. The molecule has 3 aromatic rings. The van der Waals surface area contributed by atoms with E-state index in [1.54, 1.807) is 0 Å². The highest BCUT2D eigenvalue weighted by Gasteiger charge is 2.09. The Labute approximate surface area is 120 Å². The van der Waals surface area contributed by atoms with E-state index in [1.165, 1.54) is 16.5 Å². The summed E-state index contributed by atoms with van der Waals surface area (Å²) in [7, 11) is 2.05. The summed E-state index contributed by atoms with van der Waals surface area (Å²) in [5, 5.41) is 1.23. The summed E-state index contributed by atoms with van der Waals surface area (Å²) in [6, 6.07) is 16.1. The molecule has 1 aromatic heterocycles. The van der Waals surface area contributed by atoms with Crippen molar-refractivity contribution < 1.29 is 4.74 Å². The van der Waals surface area contributed by atoms with Gasteiger partial charge in [-0.3, -0.25) is 0 Å². The molecule has 0 saturated heterocycles. The highest BCUT2D eigenvalue weighted by atomic mass is 79.9. The first-order valence-electron chi connectivity index (χ1n) is 6.16. The van der Waals surface area contributed by atoms with Gasteiger partial charge in [0.15, 0.2) is 0 Å². The maximum atomic E-state index is 5.82. The van der Waals surface area contributed by atoms with Crippen molar-refractivity contribution in [1.82, 2.24) is 4.57 Å². The standard InChI is InChI=1S/C16H14BrNO/c1-18-10-12(11-19-13-6-3-2-4-7-13)14-8-5-9-15(17)16(14)18/h2-10H,11H2,1H3. The fourth-order valence-electron chi connectivity index (χ4n) is 2.29. The number of aryl methyl sites for hydroxylation is 1. The molecule has 0 fully saturated rings. The van der Waals surface area contributed by atoms with E-state index in [0.717, 1.165) is 10.2 Å². The Kier molecular flexibility index (Phi) is 3.30. The van der Waals surface area contributed by atoms with E-state index in [0.29, 0.717) is 6.61 Å². The lowest BCUT2D eigenvalue weighted by atomic mass is 10.2. The van der Waals surface area contributed by atoms with Gasteiger partial charge in [-0.1, -0.05) is 30.3 Å². The van der Waals surface area contributed by atoms with Gasteiger partial charge in [0.1, 0.15) is 12.4 Å². The molecule has 3 heteroatoms. The van der Waals surface area contributed by atoms with Gasteiger partial charge in [-0.15, -0.1) is 0 Å². The van der Waals surface area contributed by atoms with Crippen LogP contribution in [0.2, 0.25) is 0 Å². The van der Waals surface area contributed by atoms with Gasteiger partial charge in [0.05, 0.1) is 5.52 Å². The van der Waals surface area contributed by atoms with Gasteiger partial charge in [0.25, 0.3) is 0 Å². The molecular formula is C16H14BrNO. The van der Waals surface area contributed by atoms with Crippen LogP contribution in [0.15, 0.2) is 59.2 Å². The first kappa shape index (κ1) is 12.3. The molecule has 0 aliphatic rings. The van der Waals surface area contributed by atoms with Gasteiger partial charge in [-0.05, 0) is 34.1 Å². The topological polar surface area (TPSA) is 14.2 Å². The predicted molar refractivity (Wildman–Crippen MR) is 81.4 cm³/mol. The number of benzene rings is 2. The molecule has 0 N–H and O–H groups in total. The highest BCUT2D eigenvalue weighted by Crippen LogP contribution is 2.28. The fourth-order valence-corrected chi connectivity index (χ4v) is 2.94. The van der Waals surface area contributed by atoms with Crippen LogP contribution in [0.25, 0.3) is 10.9 Å². The Morgan fingerprint density at radius 1 is 1.05 bits per heavy atom. The molecule has 0 saturated carbocycles. The molecule has 0 amide bonds. The van der Waals surface area contributed by atoms with Gasteiger partial charge < -0.3 is 9.30 Å². The number of ether oxygens (including phenoxy) is 1. The van der Waals surface area contributed by atoms with Crippen LogP contribution < -0.4 is 4.74 Å². The normalized spacial score (nSPS) is 10.8. The van der Waals surface area contributed by atoms with Gasteiger partial charge in [0.2, 0.25) is 0 Å². The monoisotopic (exact) mass is 315 g/mol. The molecule has 2 aromatic carbocycles. The van der Waals surface area contributed by atoms with Gasteiger partial charge in [-0.2, -0.15) is 0 Å². The largest absolute Gasteiger partial charge is 0.489 e. The predicted octanol–water partition coefficient (Wildman–Crippen LogP) is 4.52. The van der Waals surface area contributed by atoms with E-state index in [2.05, 4.69) is 51.9 Å². The Morgan fingerprint density at radius 2 is 1.84 bits per heavy atom. The Morgan fingerprint density at radius 3 is 2.63 bits per heavy atom. The number of halogens is 1. The zero-order valence-corrected chi connectivity index (χ0v) is 12.2. The lowest BCUT2D eigenvalue weighted by Crippen LogP contribution is -1.94. The molecule has 0 atom stereocenters. The van der Waals surface area contributed by atoms with Gasteiger partial charge >= 0.3 is 0 Å². The summed E-state index contributed by atoms with van der Waals surface area (Å²) in [6.07, 6.45) is 2.12. The molecule has 1 heterocycles. The third-order valence-corrected chi connectivity index (χ3v) is 3.81. The number of para-hydroxylation sites is 2. The zero-order valence-electron chi connectivity index (χ0n) is 10.6. The van der Waals surface area contributed by atoms with E-state index < -0.39 is 0 Å². The number of rotatable bonds is 3. The van der Waals surface area contributed by atoms with E-state index in [-0.39, 0.29) is 0 Å². The van der Waals surface area contributed by atoms with Crippen molar-refractivity contribution in [2.75, 3.05) is 0 Å². The number of aromatic nitrogens is 1. The minimum atomic E-state index is 0.581. The SMILES string of the molecule is Cn1cc(COc2ccccc2)c2cccc(Br)c21. The maximum absolute atomic E-state index is 5.82. The van der Waals surface area contributed by atoms with Crippen molar-refractivity contribution in [2.45, 2.75) is 6.61 Å². The molecule has 0 spiro atoms. The number of nitrogens with zero attached hydrogens (tertiary/aromatic N) is 1. The van der Waals surface area contributed by atoms with Crippen molar-refractivity contribution in [3.63, 3.8) is 0 Å². The summed E-state index contributed by atoms with van der Waals surface area (Å²) < 4.78 is 9.06. The molecule has 0 bridgehead atoms. The lowest BCUT2D eigenvalue weighted by Gasteiger charge is -2.04. The van der Waals surface area contributed by atoms with Gasteiger partial charge in [0, 0.05) is 28.7 Å². The molecule has 0 unspecified atom stereocenters. The first-order chi connectivity index (χ1) is 9.25. The van der Waals surface area contributed by atoms with Crippen LogP contribution in [0.3, 0.4) is 0 Å². The average Bonchev–Trinajstić information content (AvgIpc) is 2.76. The molecule has 0 radical (unpaired) electrons. The number of hydrogen-bond acceptors (Lipinski definition) is 1. The summed E-state index contributed by atoms with van der Waals surface area (Å²) >= 11 is 3.60. The highest BCUT2D eigenvalue weighted by molar-refractivity contribution is 9.10. The zero-order chi connectivity index (χ0) is 13.2. The quantitative estimate of drug-likeness (QED) is 0.693. The maximum Gasteiger partial charge on any atom is 0.119 e. The fraction of sp³-hybridized carbons (Fsp3) is 0.125. The van der Waals surface area contributed by atoms with Crippen molar-refractivity contribution >= 4 is 26.8 Å². The molecule has 2 nitrogen and oxygen atoms in total. The lowest BCUT2D eigenvalue weighted by molar-refractivity contribution is 0.307. The number of fused-ring (bicyclic) bond motifs is 1. The third kappa shape index (κ3) is 2.38. The summed E-state index contributed by atoms with van der Waals surface area (Å²) in [5.74, 6) is 0.898. The van der Waals surface area contributed by atoms with E-state index in [9.17, 15) is 0 Å². The van der Waals surface area contributed by atoms with Crippen molar-refractivity contribution in [3.8, 4) is 5.75 Å². The summed E-state index contributed by atoms with van der Waals surface area (Å²) in [4.78, 5) is 0. The minimum absolute atomic E-state index is 0.581. The smallest absolute Gasteiger partial charge is 0.119 e. The Balaban J connectivity index is 1.92. The summed E-state index contributed by atoms with van der Waals surface area (Å²) in [6.45, 7) is 0.581. The molecular weight excluding hydrogens is 302 g/mol.